The van der Waals surface area contributed by atoms with E-state index in [0.29, 0.717) is 26.1 Å². The number of carbonyl (C=O) groups excluding carboxylic acids is 1. The highest BCUT2D eigenvalue weighted by Crippen LogP contribution is 2.30. The van der Waals surface area contributed by atoms with E-state index in [2.05, 4.69) is 17.2 Å². The number of aryl methyl sites for hydroxylation is 2. The lowest BCUT2D eigenvalue weighted by atomic mass is 10.1. The first-order chi connectivity index (χ1) is 14.6. The number of rotatable bonds is 8. The number of para-hydroxylation sites is 2. The Hall–Kier alpha value is -2.79. The smallest absolute Gasteiger partial charge is 0.223 e. The quantitative estimate of drug-likeness (QED) is 0.379. The molecule has 2 aromatic carbocycles. The average molecular weight is 424 g/mol. The number of benzene rings is 2. The van der Waals surface area contributed by atoms with Crippen molar-refractivity contribution in [1.29, 1.82) is 0 Å². The molecule has 1 atom stereocenters. The van der Waals surface area contributed by atoms with E-state index in [1.165, 1.54) is 0 Å². The van der Waals surface area contributed by atoms with Gasteiger partial charge in [0.2, 0.25) is 5.91 Å². The van der Waals surface area contributed by atoms with E-state index in [0.717, 1.165) is 46.2 Å². The molecule has 3 aromatic rings. The number of hydrogen-bond acceptors (Lipinski definition) is 3. The molecule has 156 valence electrons. The monoisotopic (exact) mass is 423 g/mol. The largest absolute Gasteiger partial charge is 0.494 e. The molecule has 1 aliphatic rings. The minimum absolute atomic E-state index is 0.102. The van der Waals surface area contributed by atoms with Crippen LogP contribution in [0.25, 0.3) is 11.0 Å². The number of carbonyl (C=O) groups is 1. The molecule has 1 aromatic heterocycles. The third kappa shape index (κ3) is 4.21. The summed E-state index contributed by atoms with van der Waals surface area (Å²) in [4.78, 5) is 19.1. The highest BCUT2D eigenvalue weighted by Gasteiger charge is 2.33. The van der Waals surface area contributed by atoms with Crippen LogP contribution in [-0.4, -0.2) is 40.1 Å². The second-order valence-corrected chi connectivity index (χ2v) is 8.12. The van der Waals surface area contributed by atoms with Crippen molar-refractivity contribution in [3.05, 3.63) is 71.5 Å². The van der Waals surface area contributed by atoms with Gasteiger partial charge in [-0.05, 0) is 49.2 Å². The van der Waals surface area contributed by atoms with Crippen molar-refractivity contribution < 1.29 is 9.53 Å². The molecule has 0 spiro atoms. The van der Waals surface area contributed by atoms with Crippen LogP contribution >= 0.6 is 11.6 Å². The first kappa shape index (κ1) is 20.5. The Kier molecular flexibility index (Phi) is 6.09. The van der Waals surface area contributed by atoms with Gasteiger partial charge in [0.05, 0.1) is 17.6 Å². The number of amides is 1. The molecule has 30 heavy (non-hydrogen) atoms. The Morgan fingerprint density at radius 2 is 2.13 bits per heavy atom. The predicted molar refractivity (Wildman–Crippen MR) is 120 cm³/mol. The van der Waals surface area contributed by atoms with Crippen LogP contribution in [0.15, 0.2) is 55.1 Å². The number of halogens is 1. The van der Waals surface area contributed by atoms with Gasteiger partial charge in [-0.2, -0.15) is 0 Å². The Bertz CT molecular complexity index is 1080. The maximum absolute atomic E-state index is 12.4. The second-order valence-electron chi connectivity index (χ2n) is 7.71. The van der Waals surface area contributed by atoms with Gasteiger partial charge in [0.25, 0.3) is 0 Å². The number of ether oxygens (including phenoxy) is 1. The molecule has 1 fully saturated rings. The highest BCUT2D eigenvalue weighted by atomic mass is 35.5. The standard InChI is InChI=1S/C24H26ClN3O2/c1-3-11-27-16-18(15-23(27)29)24-26-21-7-4-5-8-22(21)28(24)12-6-13-30-19-9-10-20(25)17(2)14-19/h3-5,7-10,14,18H,1,6,11-13,15-16H2,2H3/t18-/m0/s1. The van der Waals surface area contributed by atoms with E-state index >= 15 is 0 Å². The summed E-state index contributed by atoms with van der Waals surface area (Å²) in [6, 6.07) is 13.9. The van der Waals surface area contributed by atoms with Crippen LogP contribution in [0, 0.1) is 6.92 Å². The van der Waals surface area contributed by atoms with E-state index < -0.39 is 0 Å². The minimum atomic E-state index is 0.102. The molecule has 6 heteroatoms. The second kappa shape index (κ2) is 8.92. The van der Waals surface area contributed by atoms with Gasteiger partial charge >= 0.3 is 0 Å². The summed E-state index contributed by atoms with van der Waals surface area (Å²) in [5.41, 5.74) is 3.08. The van der Waals surface area contributed by atoms with Crippen molar-refractivity contribution in [2.24, 2.45) is 0 Å². The maximum atomic E-state index is 12.4. The average Bonchev–Trinajstić information content (AvgIpc) is 3.29. The third-order valence-electron chi connectivity index (χ3n) is 5.54. The molecular formula is C24H26ClN3O2. The van der Waals surface area contributed by atoms with Crippen LogP contribution in [0.3, 0.4) is 0 Å². The number of imidazole rings is 1. The molecule has 2 heterocycles. The number of likely N-dealkylation sites (tertiary alicyclic amines) is 1. The number of hydrogen-bond donors (Lipinski definition) is 0. The normalized spacial score (nSPS) is 16.4. The summed E-state index contributed by atoms with van der Waals surface area (Å²) in [6.45, 7) is 8.39. The molecule has 0 radical (unpaired) electrons. The van der Waals surface area contributed by atoms with Crippen molar-refractivity contribution in [3.63, 3.8) is 0 Å². The third-order valence-corrected chi connectivity index (χ3v) is 5.96. The van der Waals surface area contributed by atoms with E-state index in [4.69, 9.17) is 21.3 Å². The van der Waals surface area contributed by atoms with Gasteiger partial charge in [0.15, 0.2) is 0 Å². The molecular weight excluding hydrogens is 398 g/mol. The predicted octanol–water partition coefficient (Wildman–Crippen LogP) is 4.97. The van der Waals surface area contributed by atoms with Crippen LogP contribution in [0.1, 0.15) is 30.1 Å². The van der Waals surface area contributed by atoms with Crippen LogP contribution in [0.4, 0.5) is 0 Å². The first-order valence-electron chi connectivity index (χ1n) is 10.3. The fourth-order valence-corrected chi connectivity index (χ4v) is 4.16. The molecule has 1 saturated heterocycles. The van der Waals surface area contributed by atoms with Gasteiger partial charge in [-0.15, -0.1) is 6.58 Å². The summed E-state index contributed by atoms with van der Waals surface area (Å²) >= 11 is 6.09. The van der Waals surface area contributed by atoms with Crippen molar-refractivity contribution in [3.8, 4) is 5.75 Å². The van der Waals surface area contributed by atoms with E-state index in [1.54, 1.807) is 6.08 Å². The zero-order valence-corrected chi connectivity index (χ0v) is 17.9. The molecule has 0 unspecified atom stereocenters. The summed E-state index contributed by atoms with van der Waals surface area (Å²) < 4.78 is 8.17. The maximum Gasteiger partial charge on any atom is 0.223 e. The lowest BCUT2D eigenvalue weighted by Gasteiger charge is -2.16. The van der Waals surface area contributed by atoms with Crippen LogP contribution < -0.4 is 4.74 Å². The Morgan fingerprint density at radius 3 is 2.93 bits per heavy atom. The SMILES string of the molecule is C=CCN1C[C@@H](c2nc3ccccc3n2CCCOc2ccc(Cl)c(C)c2)CC1=O. The minimum Gasteiger partial charge on any atom is -0.494 e. The molecule has 0 saturated carbocycles. The number of fused-ring (bicyclic) bond motifs is 1. The highest BCUT2D eigenvalue weighted by molar-refractivity contribution is 6.31. The molecule has 4 rings (SSSR count). The fourth-order valence-electron chi connectivity index (χ4n) is 4.04. The topological polar surface area (TPSA) is 47.4 Å². The van der Waals surface area contributed by atoms with Gasteiger partial charge in [0.1, 0.15) is 11.6 Å². The summed E-state index contributed by atoms with van der Waals surface area (Å²) in [7, 11) is 0. The molecule has 1 aliphatic heterocycles. The molecule has 0 bridgehead atoms. The van der Waals surface area contributed by atoms with Crippen molar-refractivity contribution in [1.82, 2.24) is 14.5 Å². The Labute approximate surface area is 181 Å². The van der Waals surface area contributed by atoms with Crippen molar-refractivity contribution in [2.45, 2.75) is 32.2 Å². The Morgan fingerprint density at radius 1 is 1.30 bits per heavy atom. The van der Waals surface area contributed by atoms with E-state index in [9.17, 15) is 4.79 Å². The van der Waals surface area contributed by atoms with Crippen LogP contribution in [-0.2, 0) is 11.3 Å². The molecule has 1 amide bonds. The van der Waals surface area contributed by atoms with E-state index in [1.807, 2.05) is 48.2 Å². The van der Waals surface area contributed by atoms with Crippen LogP contribution in [0.5, 0.6) is 5.75 Å². The van der Waals surface area contributed by atoms with Gasteiger partial charge in [-0.1, -0.05) is 29.8 Å². The van der Waals surface area contributed by atoms with Crippen LogP contribution in [0.2, 0.25) is 5.02 Å². The molecule has 0 aliphatic carbocycles. The van der Waals surface area contributed by atoms with Gasteiger partial charge < -0.3 is 14.2 Å². The van der Waals surface area contributed by atoms with Crippen molar-refractivity contribution in [2.75, 3.05) is 19.7 Å². The van der Waals surface area contributed by atoms with Gasteiger partial charge in [-0.25, -0.2) is 4.98 Å². The Balaban J connectivity index is 1.48. The number of aromatic nitrogens is 2. The van der Waals surface area contributed by atoms with E-state index in [-0.39, 0.29) is 11.8 Å². The van der Waals surface area contributed by atoms with Gasteiger partial charge in [0, 0.05) is 37.0 Å². The summed E-state index contributed by atoms with van der Waals surface area (Å²) in [5, 5.41) is 0.744. The molecule has 5 nitrogen and oxygen atoms in total. The lowest BCUT2D eigenvalue weighted by Crippen LogP contribution is -2.25. The number of nitrogens with zero attached hydrogens (tertiary/aromatic N) is 3. The molecule has 0 N–H and O–H groups in total. The zero-order valence-electron chi connectivity index (χ0n) is 17.2. The lowest BCUT2D eigenvalue weighted by molar-refractivity contribution is -0.127. The van der Waals surface area contributed by atoms with Crippen molar-refractivity contribution >= 4 is 28.5 Å². The first-order valence-corrected chi connectivity index (χ1v) is 10.7. The fraction of sp³-hybridized carbons (Fsp3) is 0.333. The van der Waals surface area contributed by atoms with Gasteiger partial charge in [-0.3, -0.25) is 4.79 Å². The zero-order chi connectivity index (χ0) is 21.1. The summed E-state index contributed by atoms with van der Waals surface area (Å²) in [6.07, 6.45) is 3.11. The summed E-state index contributed by atoms with van der Waals surface area (Å²) in [5.74, 6) is 2.08.